The van der Waals surface area contributed by atoms with Gasteiger partial charge in [-0.2, -0.15) is 0 Å². The van der Waals surface area contributed by atoms with Crippen LogP contribution < -0.4 is 5.32 Å². The summed E-state index contributed by atoms with van der Waals surface area (Å²) in [4.78, 5) is 0. The van der Waals surface area contributed by atoms with E-state index >= 15 is 0 Å². The van der Waals surface area contributed by atoms with Crippen LogP contribution in [0.3, 0.4) is 0 Å². The molecule has 1 rings (SSSR count). The van der Waals surface area contributed by atoms with Crippen molar-refractivity contribution in [2.45, 2.75) is 46.5 Å². The van der Waals surface area contributed by atoms with Crippen molar-refractivity contribution in [1.82, 2.24) is 0 Å². The summed E-state index contributed by atoms with van der Waals surface area (Å²) in [7, 11) is 0. The van der Waals surface area contributed by atoms with Gasteiger partial charge in [-0.15, -0.1) is 0 Å². The Labute approximate surface area is 124 Å². The molecule has 1 aromatic carbocycles. The average Bonchev–Trinajstić information content (AvgIpc) is 2.45. The van der Waals surface area contributed by atoms with Gasteiger partial charge < -0.3 is 5.32 Å². The van der Waals surface area contributed by atoms with Crippen LogP contribution in [0.1, 0.15) is 45.6 Å². The van der Waals surface area contributed by atoms with Crippen molar-refractivity contribution in [3.8, 4) is 0 Å². The zero-order valence-corrected chi connectivity index (χ0v) is 13.1. The number of anilines is 1. The fraction of sp³-hybridized carbons (Fsp3) is 0.368. The smallest absolute Gasteiger partial charge is 0.0384 e. The summed E-state index contributed by atoms with van der Waals surface area (Å²) in [6.07, 6.45) is 10.8. The van der Waals surface area contributed by atoms with E-state index in [2.05, 4.69) is 75.2 Å². The lowest BCUT2D eigenvalue weighted by Crippen LogP contribution is -1.98. The first-order chi connectivity index (χ1) is 9.65. The molecule has 0 bridgehead atoms. The number of rotatable bonds is 8. The molecule has 0 saturated heterocycles. The molecule has 20 heavy (non-hydrogen) atoms. The van der Waals surface area contributed by atoms with Gasteiger partial charge in [0.05, 0.1) is 0 Å². The zero-order chi connectivity index (χ0) is 14.8. The predicted molar refractivity (Wildman–Crippen MR) is 91.0 cm³/mol. The Morgan fingerprint density at radius 3 is 2.80 bits per heavy atom. The number of allylic oxidation sites excluding steroid dienone is 5. The molecule has 0 amide bonds. The van der Waals surface area contributed by atoms with Crippen molar-refractivity contribution in [2.75, 3.05) is 5.32 Å². The summed E-state index contributed by atoms with van der Waals surface area (Å²) in [6.45, 7) is 10.6. The summed E-state index contributed by atoms with van der Waals surface area (Å²) in [5, 5.41) is 3.39. The first-order valence-corrected chi connectivity index (χ1v) is 7.52. The van der Waals surface area contributed by atoms with Crippen LogP contribution in [-0.2, 0) is 6.42 Å². The lowest BCUT2D eigenvalue weighted by Gasteiger charge is -2.09. The van der Waals surface area contributed by atoms with Crippen LogP contribution in [0, 0.1) is 0 Å². The van der Waals surface area contributed by atoms with Gasteiger partial charge in [0.25, 0.3) is 0 Å². The number of aryl methyl sites for hydroxylation is 1. The minimum atomic E-state index is 0.966. The number of hydrogen-bond donors (Lipinski definition) is 1. The Morgan fingerprint density at radius 2 is 2.10 bits per heavy atom. The number of nitrogens with one attached hydrogen (secondary N) is 1. The summed E-state index contributed by atoms with van der Waals surface area (Å²) < 4.78 is 0. The van der Waals surface area contributed by atoms with Crippen molar-refractivity contribution in [2.24, 2.45) is 0 Å². The van der Waals surface area contributed by atoms with Gasteiger partial charge in [-0.25, -0.2) is 0 Å². The zero-order valence-electron chi connectivity index (χ0n) is 13.1. The van der Waals surface area contributed by atoms with E-state index in [1.54, 1.807) is 0 Å². The molecule has 0 heterocycles. The van der Waals surface area contributed by atoms with Gasteiger partial charge in [-0.3, -0.25) is 0 Å². The van der Waals surface area contributed by atoms with E-state index in [1.165, 1.54) is 11.1 Å². The molecule has 1 heteroatoms. The first kappa shape index (κ1) is 16.3. The lowest BCUT2D eigenvalue weighted by atomic mass is 10.1. The van der Waals surface area contributed by atoms with Crippen LogP contribution in [0.2, 0.25) is 0 Å². The normalized spacial score (nSPS) is 11.8. The maximum absolute atomic E-state index is 4.11. The highest BCUT2D eigenvalue weighted by atomic mass is 14.9. The van der Waals surface area contributed by atoms with Crippen LogP contribution in [-0.4, -0.2) is 0 Å². The van der Waals surface area contributed by atoms with Gasteiger partial charge in [0.1, 0.15) is 0 Å². The minimum absolute atomic E-state index is 0.966. The van der Waals surface area contributed by atoms with Crippen LogP contribution in [0.15, 0.2) is 60.3 Å². The molecule has 1 N–H and O–H groups in total. The maximum atomic E-state index is 4.11. The molecule has 0 saturated carbocycles. The average molecular weight is 269 g/mol. The van der Waals surface area contributed by atoms with Crippen molar-refractivity contribution < 1.29 is 0 Å². The number of hydrogen-bond acceptors (Lipinski definition) is 1. The Morgan fingerprint density at radius 1 is 1.30 bits per heavy atom. The van der Waals surface area contributed by atoms with E-state index in [0.717, 1.165) is 37.1 Å². The van der Waals surface area contributed by atoms with Crippen molar-refractivity contribution in [3.63, 3.8) is 0 Å². The number of benzene rings is 1. The molecule has 0 unspecified atom stereocenters. The standard InChI is InChI=1S/C19H27N/c1-5-7-10-16(3)11-8-12-17(4)20-19-14-9-13-18(6-2)15-19/h7,9-11,13-15,20H,4-6,8,12H2,1-3H3/b10-7-,16-11-. The summed E-state index contributed by atoms with van der Waals surface area (Å²) >= 11 is 0. The van der Waals surface area contributed by atoms with E-state index in [-0.39, 0.29) is 0 Å². The predicted octanol–water partition coefficient (Wildman–Crippen LogP) is 5.87. The quantitative estimate of drug-likeness (QED) is 0.582. The monoisotopic (exact) mass is 269 g/mol. The maximum Gasteiger partial charge on any atom is 0.0384 e. The molecular formula is C19H27N. The van der Waals surface area contributed by atoms with E-state index in [0.29, 0.717) is 0 Å². The highest BCUT2D eigenvalue weighted by Gasteiger charge is 1.97. The Hall–Kier alpha value is -1.76. The van der Waals surface area contributed by atoms with Gasteiger partial charge in [-0.05, 0) is 50.3 Å². The molecule has 0 aliphatic carbocycles. The fourth-order valence-corrected chi connectivity index (χ4v) is 1.98. The third-order valence-electron chi connectivity index (χ3n) is 3.19. The lowest BCUT2D eigenvalue weighted by molar-refractivity contribution is 0.980. The molecule has 0 spiro atoms. The Balaban J connectivity index is 2.42. The minimum Gasteiger partial charge on any atom is -0.359 e. The highest BCUT2D eigenvalue weighted by Crippen LogP contribution is 2.15. The molecule has 108 valence electrons. The highest BCUT2D eigenvalue weighted by molar-refractivity contribution is 5.49. The molecule has 0 radical (unpaired) electrons. The molecule has 0 fully saturated rings. The van der Waals surface area contributed by atoms with Crippen LogP contribution in [0.25, 0.3) is 0 Å². The van der Waals surface area contributed by atoms with Gasteiger partial charge in [-0.1, -0.05) is 56.4 Å². The second-order valence-electron chi connectivity index (χ2n) is 5.08. The largest absolute Gasteiger partial charge is 0.359 e. The molecular weight excluding hydrogens is 242 g/mol. The third-order valence-corrected chi connectivity index (χ3v) is 3.19. The SMILES string of the molecule is C=C(CC/C=C(C)\C=C/CC)Nc1cccc(CC)c1. The molecule has 0 aliphatic rings. The molecule has 0 aromatic heterocycles. The second-order valence-corrected chi connectivity index (χ2v) is 5.08. The topological polar surface area (TPSA) is 12.0 Å². The second kappa shape index (κ2) is 9.19. The van der Waals surface area contributed by atoms with Crippen molar-refractivity contribution in [3.05, 3.63) is 65.9 Å². The third kappa shape index (κ3) is 6.42. The summed E-state index contributed by atoms with van der Waals surface area (Å²) in [6, 6.07) is 8.53. The molecule has 1 nitrogen and oxygen atoms in total. The van der Waals surface area contributed by atoms with E-state index in [1.807, 2.05) is 0 Å². The van der Waals surface area contributed by atoms with Crippen LogP contribution >= 0.6 is 0 Å². The molecule has 0 aliphatic heterocycles. The van der Waals surface area contributed by atoms with Crippen molar-refractivity contribution >= 4 is 5.69 Å². The van der Waals surface area contributed by atoms with Crippen LogP contribution in [0.4, 0.5) is 5.69 Å². The summed E-state index contributed by atoms with van der Waals surface area (Å²) in [5.41, 5.74) is 4.89. The van der Waals surface area contributed by atoms with Crippen LogP contribution in [0.5, 0.6) is 0 Å². The Kier molecular flexibility index (Phi) is 7.49. The van der Waals surface area contributed by atoms with Gasteiger partial charge in [0.2, 0.25) is 0 Å². The van der Waals surface area contributed by atoms with E-state index in [9.17, 15) is 0 Å². The van der Waals surface area contributed by atoms with E-state index in [4.69, 9.17) is 0 Å². The van der Waals surface area contributed by atoms with Gasteiger partial charge in [0.15, 0.2) is 0 Å². The summed E-state index contributed by atoms with van der Waals surface area (Å²) in [5.74, 6) is 0. The van der Waals surface area contributed by atoms with E-state index < -0.39 is 0 Å². The van der Waals surface area contributed by atoms with Crippen molar-refractivity contribution in [1.29, 1.82) is 0 Å². The van der Waals surface area contributed by atoms with Gasteiger partial charge >= 0.3 is 0 Å². The fourth-order valence-electron chi connectivity index (χ4n) is 1.98. The Bertz CT molecular complexity index is 480. The molecule has 0 atom stereocenters. The first-order valence-electron chi connectivity index (χ1n) is 7.52. The molecule has 1 aromatic rings. The van der Waals surface area contributed by atoms with Gasteiger partial charge in [0, 0.05) is 11.4 Å².